The van der Waals surface area contributed by atoms with Crippen LogP contribution in [0.5, 0.6) is 0 Å². The van der Waals surface area contributed by atoms with Crippen molar-refractivity contribution in [2.24, 2.45) is 0 Å². The third-order valence-electron chi connectivity index (χ3n) is 3.86. The first-order valence-corrected chi connectivity index (χ1v) is 6.65. The number of hydrogen-bond donors (Lipinski definition) is 3. The lowest BCUT2D eigenvalue weighted by Crippen LogP contribution is -2.51. The fourth-order valence-electron chi connectivity index (χ4n) is 2.62. The van der Waals surface area contributed by atoms with Gasteiger partial charge in [-0.15, -0.1) is 0 Å². The summed E-state index contributed by atoms with van der Waals surface area (Å²) in [6.07, 6.45) is -8.42. The number of imidazole rings is 1. The summed E-state index contributed by atoms with van der Waals surface area (Å²) in [5.74, 6) is 0.193. The molecule has 2 aromatic heterocycles. The third kappa shape index (κ3) is 2.15. The number of hydrogen-bond acceptors (Lipinski definition) is 6. The summed E-state index contributed by atoms with van der Waals surface area (Å²) in [6, 6.07) is 0. The lowest BCUT2D eigenvalue weighted by Gasteiger charge is -2.28. The number of ether oxygens (including phenoxy) is 1. The molecule has 4 atom stereocenters. The number of halogens is 3. The van der Waals surface area contributed by atoms with Crippen LogP contribution < -0.4 is 5.56 Å². The van der Waals surface area contributed by atoms with E-state index in [1.165, 1.54) is 6.92 Å². The van der Waals surface area contributed by atoms with Crippen molar-refractivity contribution in [2.75, 3.05) is 6.61 Å². The summed E-state index contributed by atoms with van der Waals surface area (Å²) >= 11 is 0. The Labute approximate surface area is 126 Å². The number of aryl methyl sites for hydroxylation is 1. The Morgan fingerprint density at radius 3 is 2.83 bits per heavy atom. The summed E-state index contributed by atoms with van der Waals surface area (Å²) in [6.45, 7) is 0.200. The molecule has 0 aliphatic carbocycles. The number of aromatic nitrogens is 4. The molecule has 0 radical (unpaired) electrons. The van der Waals surface area contributed by atoms with Crippen molar-refractivity contribution in [3.8, 4) is 0 Å². The standard InChI is InChI=1S/C12H13F3N4O4/c1-4-17-10(22)9-16-2-5(19(9)18-4)7-6(13)8(21)12(3-20,23-7)11(14)15/h2,6-8,11,20-21H,3H2,1H3,(H,17,18,22)/t6-,7-,8-,12+/m0/s1. The van der Waals surface area contributed by atoms with Crippen molar-refractivity contribution in [2.45, 2.75) is 37.3 Å². The molecular formula is C12H13F3N4O4. The highest BCUT2D eigenvalue weighted by Gasteiger charge is 2.61. The molecule has 0 amide bonds. The Morgan fingerprint density at radius 2 is 2.26 bits per heavy atom. The lowest BCUT2D eigenvalue weighted by atomic mass is 9.96. The minimum absolute atomic E-state index is 0.114. The topological polar surface area (TPSA) is 113 Å². The second kappa shape index (κ2) is 5.28. The smallest absolute Gasteiger partial charge is 0.294 e. The number of nitrogens with one attached hydrogen (secondary N) is 1. The average molecular weight is 334 g/mol. The molecule has 1 aliphatic rings. The van der Waals surface area contributed by atoms with Crippen LogP contribution in [-0.4, -0.2) is 60.7 Å². The maximum Gasteiger partial charge on any atom is 0.294 e. The van der Waals surface area contributed by atoms with Crippen LogP contribution in [0.15, 0.2) is 11.0 Å². The second-order valence-electron chi connectivity index (χ2n) is 5.30. The van der Waals surface area contributed by atoms with E-state index in [1.807, 2.05) is 0 Å². The molecule has 23 heavy (non-hydrogen) atoms. The number of alkyl halides is 3. The van der Waals surface area contributed by atoms with Gasteiger partial charge in [0.25, 0.3) is 12.0 Å². The number of H-pyrrole nitrogens is 1. The summed E-state index contributed by atoms with van der Waals surface area (Å²) in [5.41, 5.74) is -3.63. The van der Waals surface area contributed by atoms with Crippen LogP contribution in [0.25, 0.3) is 5.65 Å². The summed E-state index contributed by atoms with van der Waals surface area (Å²) in [4.78, 5) is 17.9. The van der Waals surface area contributed by atoms with E-state index in [1.54, 1.807) is 0 Å². The predicted molar refractivity (Wildman–Crippen MR) is 68.9 cm³/mol. The molecule has 0 saturated carbocycles. The molecule has 3 N–H and O–H groups in total. The molecule has 1 saturated heterocycles. The van der Waals surface area contributed by atoms with E-state index in [4.69, 9.17) is 9.84 Å². The SMILES string of the molecule is Cc1nn2c([C@@H]3O[C@@](CO)(C(F)F)[C@@H](O)[C@H]3F)cnc2c(=O)[nH]1. The van der Waals surface area contributed by atoms with Crippen LogP contribution in [-0.2, 0) is 4.74 Å². The number of aliphatic hydroxyl groups excluding tert-OH is 2. The number of aromatic amines is 1. The van der Waals surface area contributed by atoms with Gasteiger partial charge in [-0.25, -0.2) is 22.7 Å². The fraction of sp³-hybridized carbons (Fsp3) is 0.583. The molecule has 1 aliphatic heterocycles. The van der Waals surface area contributed by atoms with Gasteiger partial charge in [0.1, 0.15) is 18.0 Å². The highest BCUT2D eigenvalue weighted by Crippen LogP contribution is 2.44. The number of aliphatic hydroxyl groups is 2. The monoisotopic (exact) mass is 334 g/mol. The first-order valence-electron chi connectivity index (χ1n) is 6.65. The quantitative estimate of drug-likeness (QED) is 0.697. The Balaban J connectivity index is 2.11. The molecule has 2 aromatic rings. The maximum absolute atomic E-state index is 14.3. The van der Waals surface area contributed by atoms with Crippen molar-refractivity contribution in [3.63, 3.8) is 0 Å². The van der Waals surface area contributed by atoms with Crippen molar-refractivity contribution in [3.05, 3.63) is 28.1 Å². The molecular weight excluding hydrogens is 321 g/mol. The maximum atomic E-state index is 14.3. The molecule has 0 spiro atoms. The van der Waals surface area contributed by atoms with Crippen LogP contribution in [0.2, 0.25) is 0 Å². The second-order valence-corrected chi connectivity index (χ2v) is 5.30. The average Bonchev–Trinajstić information content (AvgIpc) is 3.01. The van der Waals surface area contributed by atoms with Gasteiger partial charge in [0.05, 0.1) is 18.5 Å². The van der Waals surface area contributed by atoms with Gasteiger partial charge in [0.15, 0.2) is 11.8 Å². The molecule has 3 heterocycles. The van der Waals surface area contributed by atoms with E-state index >= 15 is 0 Å². The Morgan fingerprint density at radius 1 is 1.57 bits per heavy atom. The normalized spacial score (nSPS) is 31.3. The van der Waals surface area contributed by atoms with E-state index in [-0.39, 0.29) is 17.2 Å². The van der Waals surface area contributed by atoms with Crippen LogP contribution in [0.4, 0.5) is 13.2 Å². The van der Waals surface area contributed by atoms with Gasteiger partial charge in [-0.1, -0.05) is 0 Å². The summed E-state index contributed by atoms with van der Waals surface area (Å²) in [5, 5.41) is 22.9. The minimum Gasteiger partial charge on any atom is -0.393 e. The van der Waals surface area contributed by atoms with Gasteiger partial charge in [0, 0.05) is 0 Å². The lowest BCUT2D eigenvalue weighted by molar-refractivity contribution is -0.186. The van der Waals surface area contributed by atoms with Gasteiger partial charge >= 0.3 is 0 Å². The van der Waals surface area contributed by atoms with Crippen molar-refractivity contribution < 1.29 is 28.1 Å². The highest BCUT2D eigenvalue weighted by atomic mass is 19.3. The summed E-state index contributed by atoms with van der Waals surface area (Å²) in [7, 11) is 0. The third-order valence-corrected chi connectivity index (χ3v) is 3.86. The first-order chi connectivity index (χ1) is 10.8. The molecule has 3 rings (SSSR count). The molecule has 0 unspecified atom stereocenters. The van der Waals surface area contributed by atoms with Crippen LogP contribution >= 0.6 is 0 Å². The van der Waals surface area contributed by atoms with Crippen LogP contribution in [0.1, 0.15) is 17.6 Å². The highest BCUT2D eigenvalue weighted by molar-refractivity contribution is 5.37. The molecule has 0 aromatic carbocycles. The fourth-order valence-corrected chi connectivity index (χ4v) is 2.62. The molecule has 11 heteroatoms. The molecule has 1 fully saturated rings. The van der Waals surface area contributed by atoms with Gasteiger partial charge in [0.2, 0.25) is 5.65 Å². The van der Waals surface area contributed by atoms with Gasteiger partial charge < -0.3 is 19.9 Å². The zero-order valence-corrected chi connectivity index (χ0v) is 11.8. The Kier molecular flexibility index (Phi) is 3.65. The van der Waals surface area contributed by atoms with Gasteiger partial charge in [-0.3, -0.25) is 4.79 Å². The van der Waals surface area contributed by atoms with E-state index in [2.05, 4.69) is 15.1 Å². The van der Waals surface area contributed by atoms with Crippen molar-refractivity contribution in [1.29, 1.82) is 0 Å². The Hall–Kier alpha value is -1.98. The number of nitrogens with zero attached hydrogens (tertiary/aromatic N) is 3. The zero-order chi connectivity index (χ0) is 16.9. The number of rotatable bonds is 3. The number of fused-ring (bicyclic) bond motifs is 1. The predicted octanol–water partition coefficient (Wildman–Crippen LogP) is -0.507. The Bertz CT molecular complexity index is 794. The van der Waals surface area contributed by atoms with Gasteiger partial charge in [-0.05, 0) is 6.92 Å². The molecule has 8 nitrogen and oxygen atoms in total. The zero-order valence-electron chi connectivity index (χ0n) is 11.8. The van der Waals surface area contributed by atoms with E-state index in [9.17, 15) is 23.1 Å². The van der Waals surface area contributed by atoms with E-state index < -0.39 is 42.6 Å². The van der Waals surface area contributed by atoms with Crippen molar-refractivity contribution >= 4 is 5.65 Å². The van der Waals surface area contributed by atoms with E-state index in [0.29, 0.717) is 0 Å². The van der Waals surface area contributed by atoms with Crippen molar-refractivity contribution in [1.82, 2.24) is 19.6 Å². The summed E-state index contributed by atoms with van der Waals surface area (Å²) < 4.78 is 46.6. The minimum atomic E-state index is -3.32. The van der Waals surface area contributed by atoms with Crippen LogP contribution in [0, 0.1) is 6.92 Å². The van der Waals surface area contributed by atoms with Crippen LogP contribution in [0.3, 0.4) is 0 Å². The first kappa shape index (κ1) is 15.9. The largest absolute Gasteiger partial charge is 0.393 e. The molecule has 126 valence electrons. The van der Waals surface area contributed by atoms with Gasteiger partial charge in [-0.2, -0.15) is 5.10 Å². The molecule has 0 bridgehead atoms. The van der Waals surface area contributed by atoms with E-state index in [0.717, 1.165) is 10.7 Å².